The van der Waals surface area contributed by atoms with Crippen molar-refractivity contribution in [1.82, 2.24) is 24.7 Å². The maximum atomic E-state index is 13.9. The van der Waals surface area contributed by atoms with Crippen molar-refractivity contribution < 1.29 is 9.13 Å². The zero-order valence-corrected chi connectivity index (χ0v) is 18.6. The Morgan fingerprint density at radius 3 is 2.65 bits per heavy atom. The summed E-state index contributed by atoms with van der Waals surface area (Å²) in [6.07, 6.45) is 6.06. The first kappa shape index (κ1) is 21.5. The molecule has 10 heteroatoms. The molecule has 0 amide bonds. The molecule has 0 N–H and O–H groups in total. The standard InChI is InChI=1S/C21H15Cl3FN5O/c1-11-17(31-12(2)19-15(22)3-4-16(25)20(19)24)7-13(8-27-11)14-9-28-30(10-14)21-26-6-5-18(23)29-21/h3-10,12H,1-2H3. The van der Waals surface area contributed by atoms with E-state index < -0.39 is 11.9 Å². The average Bonchev–Trinajstić information content (AvgIpc) is 3.23. The van der Waals surface area contributed by atoms with Crippen molar-refractivity contribution in [3.05, 3.63) is 81.3 Å². The molecule has 0 fully saturated rings. The molecule has 0 aliphatic carbocycles. The number of benzene rings is 1. The molecule has 0 radical (unpaired) electrons. The number of hydrogen-bond acceptors (Lipinski definition) is 5. The number of ether oxygens (including phenoxy) is 1. The first-order valence-corrected chi connectivity index (χ1v) is 10.3. The third-order valence-electron chi connectivity index (χ3n) is 4.56. The molecular weight excluding hydrogens is 464 g/mol. The molecule has 158 valence electrons. The van der Waals surface area contributed by atoms with Crippen LogP contribution in [0.15, 0.2) is 49.1 Å². The number of halogens is 4. The SMILES string of the molecule is Cc1ncc(-c2cnn(-c3nccc(Cl)n3)c2)cc1OC(C)c1c(Cl)ccc(F)c1Cl. The van der Waals surface area contributed by atoms with Gasteiger partial charge in [0.2, 0.25) is 0 Å². The lowest BCUT2D eigenvalue weighted by Gasteiger charge is -2.19. The summed E-state index contributed by atoms with van der Waals surface area (Å²) in [4.78, 5) is 12.7. The minimum absolute atomic E-state index is 0.0652. The summed E-state index contributed by atoms with van der Waals surface area (Å²) in [5, 5.41) is 4.86. The van der Waals surface area contributed by atoms with Gasteiger partial charge in [-0.25, -0.2) is 14.1 Å². The first-order chi connectivity index (χ1) is 14.8. The second-order valence-corrected chi connectivity index (χ2v) is 7.85. The van der Waals surface area contributed by atoms with Gasteiger partial charge in [-0.3, -0.25) is 4.98 Å². The van der Waals surface area contributed by atoms with Crippen LogP contribution >= 0.6 is 34.8 Å². The molecule has 4 aromatic rings. The second kappa shape index (κ2) is 8.78. The number of hydrogen-bond donors (Lipinski definition) is 0. The minimum Gasteiger partial charge on any atom is -0.484 e. The number of aryl methyl sites for hydroxylation is 1. The maximum Gasteiger partial charge on any atom is 0.251 e. The number of rotatable bonds is 5. The third kappa shape index (κ3) is 4.49. The topological polar surface area (TPSA) is 65.7 Å². The molecule has 31 heavy (non-hydrogen) atoms. The van der Waals surface area contributed by atoms with Gasteiger partial charge in [0, 0.05) is 40.3 Å². The predicted molar refractivity (Wildman–Crippen MR) is 118 cm³/mol. The first-order valence-electron chi connectivity index (χ1n) is 9.14. The van der Waals surface area contributed by atoms with Crippen LogP contribution in [0.3, 0.4) is 0 Å². The predicted octanol–water partition coefficient (Wildman–Crippen LogP) is 6.27. The van der Waals surface area contributed by atoms with E-state index >= 15 is 0 Å². The van der Waals surface area contributed by atoms with Gasteiger partial charge in [-0.15, -0.1) is 0 Å². The van der Waals surface area contributed by atoms with Crippen LogP contribution in [0.5, 0.6) is 5.75 Å². The van der Waals surface area contributed by atoms with Crippen molar-refractivity contribution in [3.63, 3.8) is 0 Å². The normalized spacial score (nSPS) is 12.1. The molecule has 1 aromatic carbocycles. The molecule has 6 nitrogen and oxygen atoms in total. The van der Waals surface area contributed by atoms with Gasteiger partial charge < -0.3 is 4.74 Å². The number of aromatic nitrogens is 5. The second-order valence-electron chi connectivity index (χ2n) is 6.68. The van der Waals surface area contributed by atoms with Crippen LogP contribution in [0.25, 0.3) is 17.1 Å². The average molecular weight is 479 g/mol. The molecule has 0 saturated heterocycles. The monoisotopic (exact) mass is 477 g/mol. The van der Waals surface area contributed by atoms with Gasteiger partial charge in [0.25, 0.3) is 5.95 Å². The van der Waals surface area contributed by atoms with E-state index in [0.29, 0.717) is 33.1 Å². The molecule has 1 atom stereocenters. The lowest BCUT2D eigenvalue weighted by Crippen LogP contribution is -2.07. The van der Waals surface area contributed by atoms with Crippen LogP contribution in [0.4, 0.5) is 4.39 Å². The number of pyridine rings is 1. The van der Waals surface area contributed by atoms with Crippen molar-refractivity contribution >= 4 is 34.8 Å². The summed E-state index contributed by atoms with van der Waals surface area (Å²) < 4.78 is 21.5. The summed E-state index contributed by atoms with van der Waals surface area (Å²) >= 11 is 18.3. The van der Waals surface area contributed by atoms with E-state index in [9.17, 15) is 4.39 Å². The molecule has 4 rings (SSSR count). The van der Waals surface area contributed by atoms with Gasteiger partial charge in [0.1, 0.15) is 22.8 Å². The van der Waals surface area contributed by atoms with E-state index in [4.69, 9.17) is 39.5 Å². The van der Waals surface area contributed by atoms with Crippen molar-refractivity contribution in [1.29, 1.82) is 0 Å². The molecular formula is C21H15Cl3FN5O. The zero-order chi connectivity index (χ0) is 22.1. The molecule has 0 spiro atoms. The van der Waals surface area contributed by atoms with E-state index in [1.54, 1.807) is 37.8 Å². The van der Waals surface area contributed by atoms with Crippen molar-refractivity contribution in [2.45, 2.75) is 20.0 Å². The lowest BCUT2D eigenvalue weighted by atomic mass is 10.1. The Morgan fingerprint density at radius 2 is 1.87 bits per heavy atom. The van der Waals surface area contributed by atoms with Gasteiger partial charge in [-0.2, -0.15) is 10.1 Å². The van der Waals surface area contributed by atoms with Gasteiger partial charge in [-0.1, -0.05) is 34.8 Å². The van der Waals surface area contributed by atoms with Crippen molar-refractivity contribution in [2.75, 3.05) is 0 Å². The van der Waals surface area contributed by atoms with Gasteiger partial charge in [0.05, 0.1) is 16.9 Å². The van der Waals surface area contributed by atoms with Gasteiger partial charge >= 0.3 is 0 Å². The minimum atomic E-state index is -0.603. The summed E-state index contributed by atoms with van der Waals surface area (Å²) in [5.74, 6) is 0.295. The van der Waals surface area contributed by atoms with Crippen molar-refractivity contribution in [2.24, 2.45) is 0 Å². The highest BCUT2D eigenvalue weighted by Gasteiger charge is 2.20. The Labute approximate surface area is 192 Å². The lowest BCUT2D eigenvalue weighted by molar-refractivity contribution is 0.224. The van der Waals surface area contributed by atoms with Gasteiger partial charge in [-0.05, 0) is 38.1 Å². The molecule has 0 saturated carbocycles. The Bertz CT molecular complexity index is 1260. The van der Waals surface area contributed by atoms with E-state index in [1.165, 1.54) is 16.8 Å². The highest BCUT2D eigenvalue weighted by Crippen LogP contribution is 2.36. The van der Waals surface area contributed by atoms with E-state index in [2.05, 4.69) is 20.1 Å². The Hall–Kier alpha value is -2.74. The fraction of sp³-hybridized carbons (Fsp3) is 0.143. The zero-order valence-electron chi connectivity index (χ0n) is 16.4. The Morgan fingerprint density at radius 1 is 1.06 bits per heavy atom. The maximum absolute atomic E-state index is 13.9. The fourth-order valence-corrected chi connectivity index (χ4v) is 3.78. The third-order valence-corrected chi connectivity index (χ3v) is 5.48. The summed E-state index contributed by atoms with van der Waals surface area (Å²) in [5.41, 5.74) is 2.57. The van der Waals surface area contributed by atoms with Crippen LogP contribution in [0.1, 0.15) is 24.3 Å². The molecule has 0 bridgehead atoms. The van der Waals surface area contributed by atoms with Crippen LogP contribution in [-0.4, -0.2) is 24.7 Å². The molecule has 3 heterocycles. The molecule has 3 aromatic heterocycles. The Balaban J connectivity index is 1.63. The van der Waals surface area contributed by atoms with Crippen LogP contribution in [0.2, 0.25) is 15.2 Å². The fourth-order valence-electron chi connectivity index (χ4n) is 2.97. The van der Waals surface area contributed by atoms with E-state index in [0.717, 1.165) is 11.1 Å². The van der Waals surface area contributed by atoms with Gasteiger partial charge in [0.15, 0.2) is 0 Å². The summed E-state index contributed by atoms with van der Waals surface area (Å²) in [6.45, 7) is 3.55. The largest absolute Gasteiger partial charge is 0.484 e. The van der Waals surface area contributed by atoms with Crippen LogP contribution in [0, 0.1) is 12.7 Å². The smallest absolute Gasteiger partial charge is 0.251 e. The molecule has 0 aliphatic rings. The number of nitrogens with zero attached hydrogens (tertiary/aromatic N) is 5. The highest BCUT2D eigenvalue weighted by atomic mass is 35.5. The summed E-state index contributed by atoms with van der Waals surface area (Å²) in [6, 6.07) is 6.07. The molecule has 1 unspecified atom stereocenters. The van der Waals surface area contributed by atoms with Crippen molar-refractivity contribution in [3.8, 4) is 22.8 Å². The van der Waals surface area contributed by atoms with Crippen LogP contribution in [-0.2, 0) is 0 Å². The summed E-state index contributed by atoms with van der Waals surface area (Å²) in [7, 11) is 0. The molecule has 0 aliphatic heterocycles. The van der Waals surface area contributed by atoms with E-state index in [-0.39, 0.29) is 5.02 Å². The highest BCUT2D eigenvalue weighted by molar-refractivity contribution is 6.36. The van der Waals surface area contributed by atoms with E-state index in [1.807, 2.05) is 13.0 Å². The van der Waals surface area contributed by atoms with Crippen LogP contribution < -0.4 is 4.74 Å². The Kier molecular flexibility index (Phi) is 6.09. The quantitative estimate of drug-likeness (QED) is 0.250.